The van der Waals surface area contributed by atoms with Gasteiger partial charge in [-0.3, -0.25) is 10.8 Å². The van der Waals surface area contributed by atoms with Crippen molar-refractivity contribution in [1.82, 2.24) is 25.3 Å². The molecule has 2 aromatic heterocycles. The molecule has 6 rings (SSSR count). The van der Waals surface area contributed by atoms with Crippen molar-refractivity contribution < 1.29 is 13.2 Å². The normalized spacial score (nSPS) is 19.5. The largest absolute Gasteiger partial charge is 0.333 e. The average Bonchev–Trinajstić information content (AvgIpc) is 3.54. The van der Waals surface area contributed by atoms with Gasteiger partial charge in [0.05, 0.1) is 23.5 Å². The number of anilines is 2. The van der Waals surface area contributed by atoms with E-state index < -0.39 is 17.4 Å². The maximum absolute atomic E-state index is 14.6. The molecule has 2 aromatic carbocycles. The van der Waals surface area contributed by atoms with Crippen molar-refractivity contribution in [3.05, 3.63) is 83.3 Å². The number of halogens is 3. The Morgan fingerprint density at radius 1 is 1.03 bits per heavy atom. The Bertz CT molecular complexity index is 1490. The van der Waals surface area contributed by atoms with Crippen LogP contribution in [0.1, 0.15) is 30.0 Å². The lowest BCUT2D eigenvalue weighted by molar-refractivity contribution is 0.342. The zero-order chi connectivity index (χ0) is 26.3. The van der Waals surface area contributed by atoms with E-state index in [1.54, 1.807) is 24.4 Å². The Balaban J connectivity index is 1.35. The van der Waals surface area contributed by atoms with E-state index >= 15 is 0 Å². The second-order valence-corrected chi connectivity index (χ2v) is 9.55. The Kier molecular flexibility index (Phi) is 6.12. The molecule has 38 heavy (non-hydrogen) atoms. The minimum Gasteiger partial charge on any atom is -0.333 e. The third-order valence-electron chi connectivity index (χ3n) is 6.81. The van der Waals surface area contributed by atoms with Crippen molar-refractivity contribution in [3.63, 3.8) is 0 Å². The number of aromatic nitrogens is 4. The highest BCUT2D eigenvalue weighted by Gasteiger charge is 2.36. The topological polar surface area (TPSA) is 121 Å². The zero-order valence-electron chi connectivity index (χ0n) is 20.3. The van der Waals surface area contributed by atoms with Gasteiger partial charge in [0.15, 0.2) is 11.6 Å². The highest BCUT2D eigenvalue weighted by atomic mass is 19.1. The van der Waals surface area contributed by atoms with E-state index in [0.29, 0.717) is 28.7 Å². The third kappa shape index (κ3) is 4.75. The number of nitrogens with two attached hydrogens (primary N) is 1. The SMILES string of the molecule is NC1(Cc2ccc(F)cc2F)N=C(Nc2cc(-c3ccc(F)cc3)[nH]n2)c2cnn(C3CCNCC3)c2N1. The lowest BCUT2D eigenvalue weighted by Crippen LogP contribution is -2.52. The van der Waals surface area contributed by atoms with Crippen molar-refractivity contribution in [2.75, 3.05) is 23.7 Å². The summed E-state index contributed by atoms with van der Waals surface area (Å²) in [7, 11) is 0. The van der Waals surface area contributed by atoms with Crippen LogP contribution >= 0.6 is 0 Å². The summed E-state index contributed by atoms with van der Waals surface area (Å²) in [6.07, 6.45) is 3.45. The minimum absolute atomic E-state index is 0.0392. The predicted octanol–water partition coefficient (Wildman–Crippen LogP) is 3.75. The summed E-state index contributed by atoms with van der Waals surface area (Å²) in [5.41, 5.74) is 9.06. The Morgan fingerprint density at radius 3 is 2.55 bits per heavy atom. The number of aromatic amines is 1. The number of hydrogen-bond donors (Lipinski definition) is 5. The van der Waals surface area contributed by atoms with Crippen LogP contribution in [0, 0.1) is 17.5 Å². The monoisotopic (exact) mass is 521 g/mol. The van der Waals surface area contributed by atoms with Gasteiger partial charge in [-0.05, 0) is 67.4 Å². The standard InChI is InChI=1S/C26H26F3N9/c27-17-4-1-15(2-5-17)22-12-23(37-36-22)33-24-20-14-32-38(19-7-9-31-10-8-19)25(20)35-26(30,34-24)13-16-3-6-18(28)11-21(16)29/h1-6,11-12,14,19,31,35H,7-10,13,30H2,(H2,33,34,36,37). The summed E-state index contributed by atoms with van der Waals surface area (Å²) in [6, 6.07) is 11.4. The highest BCUT2D eigenvalue weighted by molar-refractivity contribution is 6.12. The highest BCUT2D eigenvalue weighted by Crippen LogP contribution is 2.33. The van der Waals surface area contributed by atoms with Gasteiger partial charge < -0.3 is 16.0 Å². The number of amidine groups is 1. The molecule has 0 amide bonds. The first-order chi connectivity index (χ1) is 18.4. The molecule has 1 atom stereocenters. The second kappa shape index (κ2) is 9.62. The quantitative estimate of drug-likeness (QED) is 0.273. The molecule has 1 fully saturated rings. The molecule has 4 aromatic rings. The Hall–Kier alpha value is -4.16. The van der Waals surface area contributed by atoms with Crippen molar-refractivity contribution in [2.45, 2.75) is 31.1 Å². The molecule has 0 saturated carbocycles. The number of aliphatic imine (C=N–C) groups is 1. The number of hydrogen-bond acceptors (Lipinski definition) is 7. The first-order valence-corrected chi connectivity index (χ1v) is 12.3. The number of benzene rings is 2. The summed E-state index contributed by atoms with van der Waals surface area (Å²) < 4.78 is 43.3. The molecule has 6 N–H and O–H groups in total. The van der Waals surface area contributed by atoms with Crippen LogP contribution in [-0.2, 0) is 6.42 Å². The van der Waals surface area contributed by atoms with E-state index in [1.165, 1.54) is 24.3 Å². The Morgan fingerprint density at radius 2 is 1.79 bits per heavy atom. The molecular formula is C26H26F3N9. The zero-order valence-corrected chi connectivity index (χ0v) is 20.3. The number of fused-ring (bicyclic) bond motifs is 1. The van der Waals surface area contributed by atoms with Crippen LogP contribution in [-0.4, -0.2) is 44.7 Å². The van der Waals surface area contributed by atoms with Gasteiger partial charge in [0.25, 0.3) is 0 Å². The molecule has 196 valence electrons. The van der Waals surface area contributed by atoms with E-state index in [2.05, 4.69) is 31.2 Å². The molecule has 2 aliphatic rings. The molecule has 1 saturated heterocycles. The van der Waals surface area contributed by atoms with Gasteiger partial charge in [-0.15, -0.1) is 0 Å². The molecule has 0 spiro atoms. The molecule has 0 bridgehead atoms. The van der Waals surface area contributed by atoms with Crippen molar-refractivity contribution in [1.29, 1.82) is 0 Å². The molecule has 0 aliphatic carbocycles. The fourth-order valence-electron chi connectivity index (χ4n) is 4.90. The van der Waals surface area contributed by atoms with Crippen LogP contribution in [0.5, 0.6) is 0 Å². The lowest BCUT2D eigenvalue weighted by Gasteiger charge is -2.34. The van der Waals surface area contributed by atoms with Gasteiger partial charge in [-0.1, -0.05) is 6.07 Å². The summed E-state index contributed by atoms with van der Waals surface area (Å²) in [6.45, 7) is 1.74. The smallest absolute Gasteiger partial charge is 0.189 e. The van der Waals surface area contributed by atoms with E-state index in [0.717, 1.165) is 37.6 Å². The fourth-order valence-corrected chi connectivity index (χ4v) is 4.90. The van der Waals surface area contributed by atoms with Gasteiger partial charge in [0, 0.05) is 18.6 Å². The summed E-state index contributed by atoms with van der Waals surface area (Å²) in [5.74, 6) is -1.62. The summed E-state index contributed by atoms with van der Waals surface area (Å²) in [5, 5.41) is 21.7. The molecule has 9 nitrogen and oxygen atoms in total. The third-order valence-corrected chi connectivity index (χ3v) is 6.81. The van der Waals surface area contributed by atoms with Crippen LogP contribution in [0.25, 0.3) is 11.3 Å². The van der Waals surface area contributed by atoms with Gasteiger partial charge in [-0.25, -0.2) is 22.8 Å². The molecule has 12 heteroatoms. The van der Waals surface area contributed by atoms with Crippen LogP contribution < -0.4 is 21.7 Å². The van der Waals surface area contributed by atoms with E-state index in [4.69, 9.17) is 10.7 Å². The predicted molar refractivity (Wildman–Crippen MR) is 138 cm³/mol. The van der Waals surface area contributed by atoms with Crippen LogP contribution in [0.4, 0.5) is 24.8 Å². The number of nitrogens with zero attached hydrogens (tertiary/aromatic N) is 4. The first kappa shape index (κ1) is 24.2. The Labute approximate surface area is 216 Å². The van der Waals surface area contributed by atoms with Crippen molar-refractivity contribution >= 4 is 17.5 Å². The number of piperidine rings is 1. The molecule has 0 radical (unpaired) electrons. The molecule has 1 unspecified atom stereocenters. The van der Waals surface area contributed by atoms with Gasteiger partial charge in [-0.2, -0.15) is 10.2 Å². The van der Waals surface area contributed by atoms with Crippen LogP contribution in [0.2, 0.25) is 0 Å². The first-order valence-electron chi connectivity index (χ1n) is 12.3. The maximum atomic E-state index is 14.6. The molecule has 4 heterocycles. The van der Waals surface area contributed by atoms with E-state index in [1.807, 2.05) is 4.68 Å². The lowest BCUT2D eigenvalue weighted by atomic mass is 10.0. The minimum atomic E-state index is -1.45. The summed E-state index contributed by atoms with van der Waals surface area (Å²) in [4.78, 5) is 4.70. The van der Waals surface area contributed by atoms with E-state index in [9.17, 15) is 13.2 Å². The van der Waals surface area contributed by atoms with Gasteiger partial charge in [0.2, 0.25) is 0 Å². The number of H-pyrrole nitrogens is 1. The number of rotatable bonds is 5. The maximum Gasteiger partial charge on any atom is 0.189 e. The summed E-state index contributed by atoms with van der Waals surface area (Å²) >= 11 is 0. The molecular weight excluding hydrogens is 495 g/mol. The molecule has 2 aliphatic heterocycles. The van der Waals surface area contributed by atoms with Crippen LogP contribution in [0.15, 0.2) is 59.7 Å². The van der Waals surface area contributed by atoms with Gasteiger partial charge in [0.1, 0.15) is 29.1 Å². The van der Waals surface area contributed by atoms with Crippen LogP contribution in [0.3, 0.4) is 0 Å². The number of nitrogens with one attached hydrogen (secondary N) is 4. The second-order valence-electron chi connectivity index (χ2n) is 9.55. The van der Waals surface area contributed by atoms with Crippen molar-refractivity contribution in [3.8, 4) is 11.3 Å². The van der Waals surface area contributed by atoms with Gasteiger partial charge >= 0.3 is 0 Å². The fraction of sp³-hybridized carbons (Fsp3) is 0.269. The van der Waals surface area contributed by atoms with E-state index in [-0.39, 0.29) is 23.8 Å². The average molecular weight is 522 g/mol. The van der Waals surface area contributed by atoms with Crippen molar-refractivity contribution in [2.24, 2.45) is 10.7 Å².